The largest absolute Gasteiger partial charge is 0.389 e. The Kier molecular flexibility index (Phi) is 5.76. The number of aryl methyl sites for hydroxylation is 1. The fourth-order valence-electron chi connectivity index (χ4n) is 3.61. The molecule has 0 fully saturated rings. The zero-order valence-electron chi connectivity index (χ0n) is 15.6. The lowest BCUT2D eigenvalue weighted by atomic mass is 10.1. The van der Waals surface area contributed by atoms with Crippen LogP contribution in [0.15, 0.2) is 69.6 Å². The summed E-state index contributed by atoms with van der Waals surface area (Å²) < 4.78 is 4.31. The summed E-state index contributed by atoms with van der Waals surface area (Å²) in [6.45, 7) is 3.18. The van der Waals surface area contributed by atoms with Gasteiger partial charge >= 0.3 is 0 Å². The topological polar surface area (TPSA) is 37.2 Å². The molecule has 0 aliphatic rings. The maximum Gasteiger partial charge on any atom is 0.0891 e. The van der Waals surface area contributed by atoms with Gasteiger partial charge in [0.05, 0.1) is 12.6 Å². The molecule has 3 nitrogen and oxygen atoms in total. The second kappa shape index (κ2) is 8.27. The van der Waals surface area contributed by atoms with Crippen LogP contribution in [0.5, 0.6) is 0 Å². The highest BCUT2D eigenvalue weighted by atomic mass is 79.9. The lowest BCUT2D eigenvalue weighted by Crippen LogP contribution is -2.24. The molecule has 0 aliphatic carbocycles. The van der Waals surface area contributed by atoms with E-state index in [4.69, 9.17) is 0 Å². The van der Waals surface area contributed by atoms with E-state index in [-0.39, 0.29) is 0 Å². The van der Waals surface area contributed by atoms with Crippen LogP contribution in [0.3, 0.4) is 0 Å². The molecular weight excluding hydrogens is 480 g/mol. The normalized spacial score (nSPS) is 12.6. The van der Waals surface area contributed by atoms with Gasteiger partial charge in [-0.15, -0.1) is 0 Å². The second-order valence-electron chi connectivity index (χ2n) is 7.02. The summed E-state index contributed by atoms with van der Waals surface area (Å²) in [6, 6.07) is 21.0. The number of nitrogens with zero attached hydrogens (tertiary/aromatic N) is 1. The summed E-state index contributed by atoms with van der Waals surface area (Å²) in [5.41, 5.74) is 4.60. The molecule has 3 aromatic carbocycles. The van der Waals surface area contributed by atoms with Crippen molar-refractivity contribution in [2.75, 3.05) is 11.9 Å². The van der Waals surface area contributed by atoms with Crippen LogP contribution in [0, 0.1) is 0 Å². The van der Waals surface area contributed by atoms with Gasteiger partial charge in [-0.3, -0.25) is 0 Å². The molecule has 0 aliphatic heterocycles. The van der Waals surface area contributed by atoms with Crippen molar-refractivity contribution in [3.05, 3.63) is 75.2 Å². The summed E-state index contributed by atoms with van der Waals surface area (Å²) >= 11 is 7.15. The molecule has 0 saturated carbocycles. The number of halogens is 2. The van der Waals surface area contributed by atoms with E-state index in [2.05, 4.69) is 97.2 Å². The Morgan fingerprint density at radius 3 is 2.00 bits per heavy atom. The molecule has 1 atom stereocenters. The number of anilines is 1. The Morgan fingerprint density at radius 2 is 1.46 bits per heavy atom. The van der Waals surface area contributed by atoms with Crippen LogP contribution < -0.4 is 5.32 Å². The van der Waals surface area contributed by atoms with Crippen LogP contribution in [-0.4, -0.2) is 22.3 Å². The van der Waals surface area contributed by atoms with Crippen molar-refractivity contribution in [2.45, 2.75) is 26.0 Å². The highest BCUT2D eigenvalue weighted by Crippen LogP contribution is 2.33. The van der Waals surface area contributed by atoms with E-state index in [9.17, 15) is 5.11 Å². The van der Waals surface area contributed by atoms with Crippen LogP contribution in [0.2, 0.25) is 0 Å². The second-order valence-corrected chi connectivity index (χ2v) is 8.85. The van der Waals surface area contributed by atoms with Gasteiger partial charge in [0.25, 0.3) is 0 Å². The van der Waals surface area contributed by atoms with Gasteiger partial charge in [-0.2, -0.15) is 0 Å². The molecule has 4 rings (SSSR count). The summed E-state index contributed by atoms with van der Waals surface area (Å²) in [5.74, 6) is 0. The first-order valence-electron chi connectivity index (χ1n) is 9.43. The number of fused-ring (bicyclic) bond motifs is 3. The van der Waals surface area contributed by atoms with Crippen molar-refractivity contribution in [1.82, 2.24) is 4.57 Å². The van der Waals surface area contributed by atoms with E-state index in [1.165, 1.54) is 16.3 Å². The molecule has 0 saturated heterocycles. The highest BCUT2D eigenvalue weighted by Gasteiger charge is 2.14. The minimum atomic E-state index is -0.503. The van der Waals surface area contributed by atoms with Crippen molar-refractivity contribution in [2.24, 2.45) is 0 Å². The maximum atomic E-state index is 10.7. The predicted octanol–water partition coefficient (Wildman–Crippen LogP) is 6.35. The maximum absolute atomic E-state index is 10.7. The summed E-state index contributed by atoms with van der Waals surface area (Å²) in [5, 5.41) is 16.4. The molecule has 2 N–H and O–H groups in total. The molecular formula is C23H22Br2N2O. The summed E-state index contributed by atoms with van der Waals surface area (Å²) in [7, 11) is 0. The van der Waals surface area contributed by atoms with Gasteiger partial charge in [0.15, 0.2) is 0 Å². The zero-order valence-corrected chi connectivity index (χ0v) is 18.8. The first-order chi connectivity index (χ1) is 13.5. The number of aliphatic hydroxyl groups excluding tert-OH is 1. The quantitative estimate of drug-likeness (QED) is 0.322. The minimum Gasteiger partial charge on any atom is -0.389 e. The highest BCUT2D eigenvalue weighted by molar-refractivity contribution is 9.10. The molecule has 5 heteroatoms. The standard InChI is InChI=1S/C23H22Br2N2O/c1-2-15-3-7-18(8-4-15)26-13-19(28)14-27-22-9-5-16(24)11-20(22)21-12-17(25)6-10-23(21)27/h3-12,19,26,28H,2,13-14H2,1H3. The van der Waals surface area contributed by atoms with Crippen molar-refractivity contribution >= 4 is 59.4 Å². The monoisotopic (exact) mass is 500 g/mol. The number of benzene rings is 3. The third-order valence-corrected chi connectivity index (χ3v) is 6.07. The number of nitrogens with one attached hydrogen (secondary N) is 1. The van der Waals surface area contributed by atoms with Gasteiger partial charge in [-0.05, 0) is 60.5 Å². The number of hydrogen-bond donors (Lipinski definition) is 2. The van der Waals surface area contributed by atoms with Gasteiger partial charge in [-0.1, -0.05) is 50.9 Å². The van der Waals surface area contributed by atoms with Crippen LogP contribution in [0.4, 0.5) is 5.69 Å². The molecule has 0 bridgehead atoms. The Balaban J connectivity index is 1.59. The van der Waals surface area contributed by atoms with Gasteiger partial charge in [0, 0.05) is 43.0 Å². The molecule has 1 unspecified atom stereocenters. The first kappa shape index (κ1) is 19.5. The molecule has 0 radical (unpaired) electrons. The van der Waals surface area contributed by atoms with E-state index >= 15 is 0 Å². The van der Waals surface area contributed by atoms with Crippen molar-refractivity contribution in [1.29, 1.82) is 0 Å². The molecule has 1 aromatic heterocycles. The van der Waals surface area contributed by atoms with E-state index in [0.29, 0.717) is 13.1 Å². The number of hydrogen-bond acceptors (Lipinski definition) is 2. The van der Waals surface area contributed by atoms with Gasteiger partial charge in [-0.25, -0.2) is 0 Å². The average molecular weight is 502 g/mol. The summed E-state index contributed by atoms with van der Waals surface area (Å²) in [4.78, 5) is 0. The number of aliphatic hydroxyl groups is 1. The lowest BCUT2D eigenvalue weighted by molar-refractivity contribution is 0.169. The SMILES string of the molecule is CCc1ccc(NCC(O)Cn2c3ccc(Br)cc3c3cc(Br)ccc32)cc1. The molecule has 0 amide bonds. The summed E-state index contributed by atoms with van der Waals surface area (Å²) in [6.07, 6.45) is 0.528. The third-order valence-electron chi connectivity index (χ3n) is 5.09. The lowest BCUT2D eigenvalue weighted by Gasteiger charge is -2.16. The van der Waals surface area contributed by atoms with Crippen LogP contribution in [0.1, 0.15) is 12.5 Å². The Hall–Kier alpha value is -1.82. The van der Waals surface area contributed by atoms with Gasteiger partial charge in [0.2, 0.25) is 0 Å². The van der Waals surface area contributed by atoms with Crippen molar-refractivity contribution in [3.63, 3.8) is 0 Å². The Labute approximate surface area is 181 Å². The fraction of sp³-hybridized carbons (Fsp3) is 0.217. The predicted molar refractivity (Wildman–Crippen MR) is 125 cm³/mol. The molecule has 4 aromatic rings. The molecule has 144 valence electrons. The third kappa shape index (κ3) is 3.97. The molecule has 0 spiro atoms. The van der Waals surface area contributed by atoms with Crippen molar-refractivity contribution in [3.8, 4) is 0 Å². The van der Waals surface area contributed by atoms with Gasteiger partial charge < -0.3 is 15.0 Å². The van der Waals surface area contributed by atoms with E-state index in [1.54, 1.807) is 0 Å². The average Bonchev–Trinajstić information content (AvgIpc) is 2.99. The fourth-order valence-corrected chi connectivity index (χ4v) is 4.34. The van der Waals surface area contributed by atoms with E-state index in [0.717, 1.165) is 32.1 Å². The van der Waals surface area contributed by atoms with E-state index in [1.807, 2.05) is 12.1 Å². The first-order valence-corrected chi connectivity index (χ1v) is 11.0. The Morgan fingerprint density at radius 1 is 0.893 bits per heavy atom. The van der Waals surface area contributed by atoms with E-state index < -0.39 is 6.10 Å². The number of rotatable bonds is 6. The van der Waals surface area contributed by atoms with Crippen LogP contribution >= 0.6 is 31.9 Å². The zero-order chi connectivity index (χ0) is 19.7. The van der Waals surface area contributed by atoms with Crippen LogP contribution in [-0.2, 0) is 13.0 Å². The molecule has 1 heterocycles. The Bertz CT molecular complexity index is 1060. The molecule has 28 heavy (non-hydrogen) atoms. The van der Waals surface area contributed by atoms with Crippen LogP contribution in [0.25, 0.3) is 21.8 Å². The van der Waals surface area contributed by atoms with Gasteiger partial charge in [0.1, 0.15) is 0 Å². The van der Waals surface area contributed by atoms with Crippen molar-refractivity contribution < 1.29 is 5.11 Å². The minimum absolute atomic E-state index is 0.500. The smallest absolute Gasteiger partial charge is 0.0891 e. The number of aromatic nitrogens is 1.